The smallest absolute Gasteiger partial charge is 0.119 e. The van der Waals surface area contributed by atoms with Crippen LogP contribution < -0.4 is 0 Å². The fourth-order valence-corrected chi connectivity index (χ4v) is 6.32. The predicted molar refractivity (Wildman–Crippen MR) is 118 cm³/mol. The summed E-state index contributed by atoms with van der Waals surface area (Å²) in [5.74, 6) is 8.07. The first kappa shape index (κ1) is 22.6. The molecule has 3 N–H and O–H groups in total. The monoisotopic (exact) mass is 400 g/mol. The van der Waals surface area contributed by atoms with Crippen molar-refractivity contribution >= 4 is 0 Å². The Labute approximate surface area is 177 Å². The Morgan fingerprint density at radius 2 is 1.86 bits per heavy atom. The summed E-state index contributed by atoms with van der Waals surface area (Å²) in [5, 5.41) is 29.7. The third kappa shape index (κ3) is 5.54. The van der Waals surface area contributed by atoms with Gasteiger partial charge < -0.3 is 15.3 Å². The van der Waals surface area contributed by atoms with Crippen LogP contribution in [0.5, 0.6) is 0 Å². The molecule has 0 aromatic carbocycles. The molecule has 0 aliphatic heterocycles. The minimum atomic E-state index is -0.906. The molecule has 3 aliphatic rings. The highest BCUT2D eigenvalue weighted by atomic mass is 16.3. The SMILES string of the molecule is CC(CC#CC(C)(C)O)C1CCC2/C(=C\C=C3CC(O)CC(O)C3)CCCC21C. The molecule has 162 valence electrons. The fraction of sp³-hybridized carbons (Fsp3) is 0.769. The van der Waals surface area contributed by atoms with Crippen molar-refractivity contribution in [2.24, 2.45) is 23.2 Å². The minimum absolute atomic E-state index is 0.337. The van der Waals surface area contributed by atoms with E-state index in [0.717, 1.165) is 6.42 Å². The lowest BCUT2D eigenvalue weighted by molar-refractivity contribution is 0.0609. The fourth-order valence-electron chi connectivity index (χ4n) is 6.32. The van der Waals surface area contributed by atoms with E-state index >= 15 is 0 Å². The molecular formula is C26H40O3. The standard InChI is InChI=1S/C26H40O3/c1-18(7-5-13-25(2,3)29)23-11-12-24-20(8-6-14-26(23,24)4)10-9-19-15-21(27)17-22(28)16-19/h9-10,18,21-24,27-29H,6-8,11-12,14-17H2,1-4H3/b19-9?,20-10-. The summed E-state index contributed by atoms with van der Waals surface area (Å²) in [6, 6.07) is 0. The molecule has 0 spiro atoms. The molecular weight excluding hydrogens is 360 g/mol. The van der Waals surface area contributed by atoms with Crippen LogP contribution in [0.15, 0.2) is 23.3 Å². The molecule has 3 nitrogen and oxygen atoms in total. The first-order valence-corrected chi connectivity index (χ1v) is 11.6. The maximum atomic E-state index is 9.95. The minimum Gasteiger partial charge on any atom is -0.393 e. The Morgan fingerprint density at radius 3 is 2.52 bits per heavy atom. The van der Waals surface area contributed by atoms with Gasteiger partial charge in [0.1, 0.15) is 5.60 Å². The summed E-state index contributed by atoms with van der Waals surface area (Å²) in [6.45, 7) is 8.31. The summed E-state index contributed by atoms with van der Waals surface area (Å²) < 4.78 is 0. The highest BCUT2D eigenvalue weighted by Crippen LogP contribution is 2.59. The zero-order chi connectivity index (χ0) is 21.2. The van der Waals surface area contributed by atoms with Gasteiger partial charge in [-0.2, -0.15) is 0 Å². The van der Waals surface area contributed by atoms with Gasteiger partial charge >= 0.3 is 0 Å². The molecule has 3 aliphatic carbocycles. The van der Waals surface area contributed by atoms with Gasteiger partial charge in [0.05, 0.1) is 12.2 Å². The first-order valence-electron chi connectivity index (χ1n) is 11.6. The highest BCUT2D eigenvalue weighted by Gasteiger charge is 2.50. The van der Waals surface area contributed by atoms with Crippen molar-refractivity contribution in [2.45, 2.75) is 103 Å². The van der Waals surface area contributed by atoms with Crippen LogP contribution in [0.3, 0.4) is 0 Å². The summed E-state index contributed by atoms with van der Waals surface area (Å²) in [6.07, 6.45) is 12.7. The lowest BCUT2D eigenvalue weighted by Crippen LogP contribution is -2.36. The van der Waals surface area contributed by atoms with E-state index in [-0.39, 0.29) is 0 Å². The van der Waals surface area contributed by atoms with Gasteiger partial charge in [-0.15, -0.1) is 5.92 Å². The summed E-state index contributed by atoms with van der Waals surface area (Å²) in [4.78, 5) is 0. The van der Waals surface area contributed by atoms with Crippen molar-refractivity contribution in [1.82, 2.24) is 0 Å². The number of hydrogen-bond donors (Lipinski definition) is 3. The molecule has 6 atom stereocenters. The first-order chi connectivity index (χ1) is 13.6. The highest BCUT2D eigenvalue weighted by molar-refractivity contribution is 5.26. The lowest BCUT2D eigenvalue weighted by atomic mass is 9.61. The molecule has 0 heterocycles. The number of aliphatic hydroxyl groups is 3. The van der Waals surface area contributed by atoms with Crippen molar-refractivity contribution in [3.63, 3.8) is 0 Å². The van der Waals surface area contributed by atoms with E-state index in [9.17, 15) is 15.3 Å². The van der Waals surface area contributed by atoms with E-state index in [4.69, 9.17) is 0 Å². The molecule has 29 heavy (non-hydrogen) atoms. The van der Waals surface area contributed by atoms with Crippen LogP contribution in [-0.4, -0.2) is 33.1 Å². The van der Waals surface area contributed by atoms with Crippen molar-refractivity contribution < 1.29 is 15.3 Å². The number of aliphatic hydroxyl groups excluding tert-OH is 2. The molecule has 3 fully saturated rings. The summed E-state index contributed by atoms with van der Waals surface area (Å²) >= 11 is 0. The average molecular weight is 401 g/mol. The third-order valence-corrected chi connectivity index (χ3v) is 7.62. The van der Waals surface area contributed by atoms with Crippen molar-refractivity contribution in [2.75, 3.05) is 0 Å². The van der Waals surface area contributed by atoms with Gasteiger partial charge in [-0.1, -0.05) is 43.1 Å². The Morgan fingerprint density at radius 1 is 1.17 bits per heavy atom. The van der Waals surface area contributed by atoms with Gasteiger partial charge in [0.25, 0.3) is 0 Å². The van der Waals surface area contributed by atoms with Gasteiger partial charge in [-0.3, -0.25) is 0 Å². The molecule has 0 aromatic heterocycles. The van der Waals surface area contributed by atoms with Crippen LogP contribution in [0.1, 0.15) is 85.5 Å². The van der Waals surface area contributed by atoms with E-state index in [1.165, 1.54) is 37.7 Å². The second kappa shape index (κ2) is 8.96. The molecule has 0 amide bonds. The van der Waals surface area contributed by atoms with Crippen LogP contribution in [0.25, 0.3) is 0 Å². The Hall–Kier alpha value is -1.08. The normalized spacial score (nSPS) is 37.6. The largest absolute Gasteiger partial charge is 0.393 e. The summed E-state index contributed by atoms with van der Waals surface area (Å²) in [7, 11) is 0. The molecule has 3 rings (SSSR count). The van der Waals surface area contributed by atoms with E-state index in [1.54, 1.807) is 19.4 Å². The van der Waals surface area contributed by atoms with Crippen molar-refractivity contribution in [1.29, 1.82) is 0 Å². The molecule has 3 saturated carbocycles. The molecule has 6 unspecified atom stereocenters. The number of fused-ring (bicyclic) bond motifs is 1. The Balaban J connectivity index is 1.71. The third-order valence-electron chi connectivity index (χ3n) is 7.62. The maximum absolute atomic E-state index is 9.95. The van der Waals surface area contributed by atoms with Crippen LogP contribution in [0, 0.1) is 35.0 Å². The van der Waals surface area contributed by atoms with E-state index in [0.29, 0.717) is 42.4 Å². The molecule has 0 saturated heterocycles. The van der Waals surface area contributed by atoms with Gasteiger partial charge in [-0.25, -0.2) is 0 Å². The Bertz CT molecular complexity index is 690. The lowest BCUT2D eigenvalue weighted by Gasteiger charge is -2.44. The quantitative estimate of drug-likeness (QED) is 0.599. The number of rotatable bonds is 3. The second-order valence-electron chi connectivity index (χ2n) is 10.7. The molecule has 0 bridgehead atoms. The molecule has 0 radical (unpaired) electrons. The van der Waals surface area contributed by atoms with Gasteiger partial charge in [0, 0.05) is 6.42 Å². The van der Waals surface area contributed by atoms with Crippen molar-refractivity contribution in [3.8, 4) is 11.8 Å². The predicted octanol–water partition coefficient (Wildman–Crippen LogP) is 4.76. The van der Waals surface area contributed by atoms with E-state index in [2.05, 4.69) is 37.8 Å². The summed E-state index contributed by atoms with van der Waals surface area (Å²) in [5.41, 5.74) is 2.18. The van der Waals surface area contributed by atoms with Crippen molar-refractivity contribution in [3.05, 3.63) is 23.3 Å². The number of allylic oxidation sites excluding steroid dienone is 3. The van der Waals surface area contributed by atoms with Gasteiger partial charge in [0.15, 0.2) is 0 Å². The van der Waals surface area contributed by atoms with E-state index in [1.807, 2.05) is 0 Å². The number of hydrogen-bond acceptors (Lipinski definition) is 3. The zero-order valence-electron chi connectivity index (χ0n) is 18.7. The topological polar surface area (TPSA) is 60.7 Å². The molecule has 3 heteroatoms. The van der Waals surface area contributed by atoms with Crippen LogP contribution in [0.4, 0.5) is 0 Å². The van der Waals surface area contributed by atoms with Gasteiger partial charge in [-0.05, 0) is 88.4 Å². The van der Waals surface area contributed by atoms with Crippen LogP contribution in [-0.2, 0) is 0 Å². The Kier molecular flexibility index (Phi) is 6.99. The van der Waals surface area contributed by atoms with Crippen LogP contribution >= 0.6 is 0 Å². The van der Waals surface area contributed by atoms with Crippen LogP contribution in [0.2, 0.25) is 0 Å². The average Bonchev–Trinajstić information content (AvgIpc) is 2.95. The maximum Gasteiger partial charge on any atom is 0.119 e. The molecule has 0 aromatic rings. The zero-order valence-corrected chi connectivity index (χ0v) is 18.7. The second-order valence-corrected chi connectivity index (χ2v) is 10.7. The van der Waals surface area contributed by atoms with Gasteiger partial charge in [0.2, 0.25) is 0 Å². The van der Waals surface area contributed by atoms with E-state index < -0.39 is 17.8 Å².